The molecule has 0 unspecified atom stereocenters. The number of rotatable bonds is 3. The Balaban J connectivity index is 2.04. The number of aromatic nitrogens is 1. The van der Waals surface area contributed by atoms with Crippen molar-refractivity contribution in [1.82, 2.24) is 9.88 Å². The third-order valence-corrected chi connectivity index (χ3v) is 3.86. The van der Waals surface area contributed by atoms with Gasteiger partial charge in [-0.3, -0.25) is 0 Å². The number of nitrogens with zero attached hydrogens (tertiary/aromatic N) is 3. The molecule has 1 saturated heterocycles. The molecule has 0 spiro atoms. The van der Waals surface area contributed by atoms with Crippen LogP contribution in [-0.2, 0) is 4.74 Å². The molecule has 2 heterocycles. The van der Waals surface area contributed by atoms with E-state index in [1.807, 2.05) is 47.0 Å². The molecule has 0 aromatic carbocycles. The Morgan fingerprint density at radius 3 is 2.50 bits per heavy atom. The van der Waals surface area contributed by atoms with Crippen LogP contribution < -0.4 is 15.5 Å². The SMILES string of the molecule is CNc1ccc(N2CCCN(C(=O)OC(C)(C)C)CC2)nc1NC. The smallest absolute Gasteiger partial charge is 0.410 e. The summed E-state index contributed by atoms with van der Waals surface area (Å²) in [7, 11) is 3.74. The lowest BCUT2D eigenvalue weighted by Crippen LogP contribution is -2.39. The Kier molecular flexibility index (Phi) is 5.75. The van der Waals surface area contributed by atoms with Gasteiger partial charge in [0.25, 0.3) is 0 Å². The summed E-state index contributed by atoms with van der Waals surface area (Å²) < 4.78 is 5.48. The highest BCUT2D eigenvalue weighted by atomic mass is 16.6. The standard InChI is InChI=1S/C17H29N5O2/c1-17(2,3)24-16(23)22-10-6-9-21(11-12-22)14-8-7-13(18-4)15(19-5)20-14/h7-8,18H,6,9-12H2,1-5H3,(H,19,20). The summed E-state index contributed by atoms with van der Waals surface area (Å²) >= 11 is 0. The van der Waals surface area contributed by atoms with Crippen molar-refractivity contribution in [3.8, 4) is 0 Å². The minimum atomic E-state index is -0.463. The number of anilines is 3. The highest BCUT2D eigenvalue weighted by Gasteiger charge is 2.25. The van der Waals surface area contributed by atoms with Gasteiger partial charge in [0.15, 0.2) is 5.82 Å². The van der Waals surface area contributed by atoms with Crippen molar-refractivity contribution in [2.45, 2.75) is 32.8 Å². The van der Waals surface area contributed by atoms with Crippen LogP contribution in [0.1, 0.15) is 27.2 Å². The van der Waals surface area contributed by atoms with Gasteiger partial charge in [0, 0.05) is 40.3 Å². The molecule has 1 aliphatic rings. The molecule has 134 valence electrons. The van der Waals surface area contributed by atoms with Crippen LogP contribution in [-0.4, -0.2) is 61.9 Å². The van der Waals surface area contributed by atoms with Crippen molar-refractivity contribution in [2.75, 3.05) is 55.8 Å². The molecule has 24 heavy (non-hydrogen) atoms. The second kappa shape index (κ2) is 7.59. The van der Waals surface area contributed by atoms with Gasteiger partial charge >= 0.3 is 6.09 Å². The minimum Gasteiger partial charge on any atom is -0.444 e. The lowest BCUT2D eigenvalue weighted by Gasteiger charge is -2.26. The number of carbonyl (C=O) groups is 1. The predicted molar refractivity (Wildman–Crippen MR) is 98.0 cm³/mol. The fourth-order valence-corrected chi connectivity index (χ4v) is 2.67. The number of amides is 1. The van der Waals surface area contributed by atoms with Crippen LogP contribution in [0.2, 0.25) is 0 Å². The van der Waals surface area contributed by atoms with Crippen molar-refractivity contribution in [3.05, 3.63) is 12.1 Å². The third kappa shape index (κ3) is 4.66. The molecule has 1 amide bonds. The average molecular weight is 335 g/mol. The highest BCUT2D eigenvalue weighted by molar-refractivity contribution is 5.69. The largest absolute Gasteiger partial charge is 0.444 e. The fraction of sp³-hybridized carbons (Fsp3) is 0.647. The number of hydrogen-bond donors (Lipinski definition) is 2. The maximum absolute atomic E-state index is 12.2. The second-order valence-electron chi connectivity index (χ2n) is 6.87. The molecule has 2 rings (SSSR count). The topological polar surface area (TPSA) is 69.7 Å². The molecular weight excluding hydrogens is 306 g/mol. The number of nitrogens with one attached hydrogen (secondary N) is 2. The van der Waals surface area contributed by atoms with Crippen LogP contribution in [0.4, 0.5) is 22.1 Å². The molecular formula is C17H29N5O2. The van der Waals surface area contributed by atoms with Gasteiger partial charge in [-0.1, -0.05) is 0 Å². The van der Waals surface area contributed by atoms with Gasteiger partial charge in [0.2, 0.25) is 0 Å². The van der Waals surface area contributed by atoms with Crippen LogP contribution in [0, 0.1) is 0 Å². The summed E-state index contributed by atoms with van der Waals surface area (Å²) in [6.45, 7) is 8.63. The molecule has 0 aliphatic carbocycles. The van der Waals surface area contributed by atoms with Gasteiger partial charge in [0.1, 0.15) is 11.4 Å². The van der Waals surface area contributed by atoms with E-state index in [0.29, 0.717) is 13.1 Å². The number of carbonyl (C=O) groups excluding carboxylic acids is 1. The quantitative estimate of drug-likeness (QED) is 0.885. The van der Waals surface area contributed by atoms with Gasteiger partial charge < -0.3 is 25.2 Å². The highest BCUT2D eigenvalue weighted by Crippen LogP contribution is 2.24. The maximum Gasteiger partial charge on any atom is 0.410 e. The molecule has 0 atom stereocenters. The summed E-state index contributed by atoms with van der Waals surface area (Å²) in [6, 6.07) is 4.03. The van der Waals surface area contributed by atoms with Crippen LogP contribution in [0.15, 0.2) is 12.1 Å². The van der Waals surface area contributed by atoms with Gasteiger partial charge in [-0.25, -0.2) is 9.78 Å². The van der Waals surface area contributed by atoms with E-state index in [1.165, 1.54) is 0 Å². The average Bonchev–Trinajstić information content (AvgIpc) is 2.78. The van der Waals surface area contributed by atoms with E-state index in [0.717, 1.165) is 36.8 Å². The first-order valence-electron chi connectivity index (χ1n) is 8.43. The summed E-state index contributed by atoms with van der Waals surface area (Å²) in [4.78, 5) is 20.9. The van der Waals surface area contributed by atoms with E-state index in [4.69, 9.17) is 4.74 Å². The number of ether oxygens (including phenoxy) is 1. The molecule has 0 saturated carbocycles. The monoisotopic (exact) mass is 335 g/mol. The van der Waals surface area contributed by atoms with E-state index in [-0.39, 0.29) is 6.09 Å². The van der Waals surface area contributed by atoms with E-state index in [9.17, 15) is 4.79 Å². The summed E-state index contributed by atoms with van der Waals surface area (Å²) in [5.74, 6) is 1.74. The summed E-state index contributed by atoms with van der Waals surface area (Å²) in [5, 5.41) is 6.23. The zero-order valence-corrected chi connectivity index (χ0v) is 15.3. The van der Waals surface area contributed by atoms with Crippen molar-refractivity contribution < 1.29 is 9.53 Å². The molecule has 2 N–H and O–H groups in total. The Hall–Kier alpha value is -2.18. The normalized spacial score (nSPS) is 15.7. The summed E-state index contributed by atoms with van der Waals surface area (Å²) in [6.07, 6.45) is 0.655. The van der Waals surface area contributed by atoms with E-state index in [1.54, 1.807) is 4.90 Å². The lowest BCUT2D eigenvalue weighted by molar-refractivity contribution is 0.0263. The first-order valence-corrected chi connectivity index (χ1v) is 8.43. The molecule has 7 heteroatoms. The van der Waals surface area contributed by atoms with Crippen molar-refractivity contribution in [2.24, 2.45) is 0 Å². The number of hydrogen-bond acceptors (Lipinski definition) is 6. The Morgan fingerprint density at radius 2 is 1.88 bits per heavy atom. The molecule has 0 radical (unpaired) electrons. The van der Waals surface area contributed by atoms with Gasteiger partial charge in [0.05, 0.1) is 5.69 Å². The predicted octanol–water partition coefficient (Wildman–Crippen LogP) is 2.61. The zero-order chi connectivity index (χ0) is 17.7. The Labute approximate surface area is 144 Å². The summed E-state index contributed by atoms with van der Waals surface area (Å²) in [5.41, 5.74) is 0.501. The van der Waals surface area contributed by atoms with Crippen LogP contribution >= 0.6 is 0 Å². The van der Waals surface area contributed by atoms with Crippen LogP contribution in [0.25, 0.3) is 0 Å². The molecule has 7 nitrogen and oxygen atoms in total. The van der Waals surface area contributed by atoms with Crippen LogP contribution in [0.5, 0.6) is 0 Å². The first kappa shape index (κ1) is 18.2. The zero-order valence-electron chi connectivity index (χ0n) is 15.3. The Morgan fingerprint density at radius 1 is 1.12 bits per heavy atom. The van der Waals surface area contributed by atoms with E-state index < -0.39 is 5.60 Å². The molecule has 1 fully saturated rings. The molecule has 0 bridgehead atoms. The first-order chi connectivity index (χ1) is 11.3. The second-order valence-corrected chi connectivity index (χ2v) is 6.87. The van der Waals surface area contributed by atoms with Gasteiger partial charge in [-0.05, 0) is 39.3 Å². The molecule has 1 aliphatic heterocycles. The van der Waals surface area contributed by atoms with E-state index >= 15 is 0 Å². The molecule has 1 aromatic heterocycles. The Bertz CT molecular complexity index is 571. The van der Waals surface area contributed by atoms with E-state index in [2.05, 4.69) is 20.5 Å². The molecule has 1 aromatic rings. The third-order valence-electron chi connectivity index (χ3n) is 3.86. The minimum absolute atomic E-state index is 0.237. The maximum atomic E-state index is 12.2. The van der Waals surface area contributed by atoms with Crippen LogP contribution in [0.3, 0.4) is 0 Å². The number of pyridine rings is 1. The van der Waals surface area contributed by atoms with Crippen molar-refractivity contribution in [1.29, 1.82) is 0 Å². The fourth-order valence-electron chi connectivity index (χ4n) is 2.67. The lowest BCUT2D eigenvalue weighted by atomic mass is 10.2. The van der Waals surface area contributed by atoms with Crippen molar-refractivity contribution >= 4 is 23.4 Å². The van der Waals surface area contributed by atoms with Crippen molar-refractivity contribution in [3.63, 3.8) is 0 Å². The van der Waals surface area contributed by atoms with Gasteiger partial charge in [-0.2, -0.15) is 0 Å². The van der Waals surface area contributed by atoms with Gasteiger partial charge in [-0.15, -0.1) is 0 Å².